The molecule has 0 fully saturated rings. The molecule has 1 aliphatic carbocycles. The van der Waals surface area contributed by atoms with Gasteiger partial charge in [-0.1, -0.05) is 6.92 Å². The first-order chi connectivity index (χ1) is 11.5. The van der Waals surface area contributed by atoms with Crippen molar-refractivity contribution in [3.8, 4) is 0 Å². The van der Waals surface area contributed by atoms with E-state index in [0.29, 0.717) is 18.3 Å². The van der Waals surface area contributed by atoms with Crippen LogP contribution in [0.5, 0.6) is 0 Å². The standard InChI is InChI=1S/C17H24N4O2S/c1-9-4-5-12-13(8-9)24-17-14(12)16(23)20-15(21-17)10(2)18-6-7-19-11(3)22/h9-10,18H,4-8H2,1-3H3,(H,19,22)(H,20,21,23)/p+1/t9-,10+/m0/s1. The zero-order valence-electron chi connectivity index (χ0n) is 14.4. The van der Waals surface area contributed by atoms with Gasteiger partial charge in [-0.15, -0.1) is 11.3 Å². The molecule has 0 radical (unpaired) electrons. The van der Waals surface area contributed by atoms with E-state index >= 15 is 0 Å². The van der Waals surface area contributed by atoms with Crippen molar-refractivity contribution in [1.82, 2.24) is 15.3 Å². The number of nitrogens with zero attached hydrogens (tertiary/aromatic N) is 1. The minimum absolute atomic E-state index is 0.0100. The number of fused-ring (bicyclic) bond motifs is 3. The highest BCUT2D eigenvalue weighted by Crippen LogP contribution is 2.35. The number of nitrogens with one attached hydrogen (secondary N) is 2. The van der Waals surface area contributed by atoms with Crippen molar-refractivity contribution in [3.63, 3.8) is 0 Å². The number of hydrogen-bond donors (Lipinski definition) is 3. The molecule has 1 aliphatic rings. The van der Waals surface area contributed by atoms with Crippen molar-refractivity contribution in [2.24, 2.45) is 5.92 Å². The lowest BCUT2D eigenvalue weighted by molar-refractivity contribution is -0.692. The fraction of sp³-hybridized carbons (Fsp3) is 0.588. The van der Waals surface area contributed by atoms with Gasteiger partial charge in [0.25, 0.3) is 5.56 Å². The van der Waals surface area contributed by atoms with Crippen molar-refractivity contribution in [2.75, 3.05) is 13.1 Å². The third-order valence-corrected chi connectivity index (χ3v) is 5.80. The number of rotatable bonds is 5. The van der Waals surface area contributed by atoms with Crippen LogP contribution >= 0.6 is 11.3 Å². The molecular weight excluding hydrogens is 324 g/mol. The highest BCUT2D eigenvalue weighted by Gasteiger charge is 2.24. The van der Waals surface area contributed by atoms with Gasteiger partial charge >= 0.3 is 0 Å². The van der Waals surface area contributed by atoms with Crippen LogP contribution < -0.4 is 16.2 Å². The molecule has 4 N–H and O–H groups in total. The normalized spacial score (nSPS) is 18.4. The maximum atomic E-state index is 12.6. The van der Waals surface area contributed by atoms with E-state index < -0.39 is 0 Å². The molecule has 0 aromatic carbocycles. The maximum absolute atomic E-state index is 12.6. The minimum atomic E-state index is -0.0256. The third-order valence-electron chi connectivity index (χ3n) is 4.65. The molecule has 7 heteroatoms. The number of aromatic amines is 1. The van der Waals surface area contributed by atoms with Gasteiger partial charge in [-0.2, -0.15) is 0 Å². The fourth-order valence-corrected chi connectivity index (χ4v) is 4.66. The molecule has 3 rings (SSSR count). The zero-order valence-corrected chi connectivity index (χ0v) is 15.3. The number of quaternary nitrogens is 1. The summed E-state index contributed by atoms with van der Waals surface area (Å²) in [6, 6.07) is 0.0499. The van der Waals surface area contributed by atoms with E-state index in [1.807, 2.05) is 6.92 Å². The molecule has 2 atom stereocenters. The van der Waals surface area contributed by atoms with Crippen molar-refractivity contribution >= 4 is 27.5 Å². The Bertz CT molecular complexity index is 811. The predicted molar refractivity (Wildman–Crippen MR) is 95.3 cm³/mol. The SMILES string of the molecule is CC(=O)NCC[NH2+][C@H](C)c1nc2sc3c(c2c(=O)[nH]1)CC[C@H](C)C3. The number of carbonyl (C=O) groups is 1. The smallest absolute Gasteiger partial charge is 0.260 e. The van der Waals surface area contributed by atoms with Gasteiger partial charge in [0.05, 0.1) is 18.5 Å². The lowest BCUT2D eigenvalue weighted by Crippen LogP contribution is -2.86. The summed E-state index contributed by atoms with van der Waals surface area (Å²) < 4.78 is 0. The summed E-state index contributed by atoms with van der Waals surface area (Å²) in [7, 11) is 0. The first kappa shape index (κ1) is 17.1. The number of nitrogens with two attached hydrogens (primary N) is 1. The van der Waals surface area contributed by atoms with Crippen molar-refractivity contribution in [2.45, 2.75) is 46.1 Å². The molecule has 0 bridgehead atoms. The average Bonchev–Trinajstić information content (AvgIpc) is 2.88. The lowest BCUT2D eigenvalue weighted by Gasteiger charge is -2.17. The van der Waals surface area contributed by atoms with E-state index in [9.17, 15) is 9.59 Å². The van der Waals surface area contributed by atoms with Crippen molar-refractivity contribution < 1.29 is 10.1 Å². The second-order valence-corrected chi connectivity index (χ2v) is 7.86. The Balaban J connectivity index is 1.80. The quantitative estimate of drug-likeness (QED) is 0.700. The first-order valence-electron chi connectivity index (χ1n) is 8.58. The highest BCUT2D eigenvalue weighted by molar-refractivity contribution is 7.18. The Hall–Kier alpha value is -1.73. The molecule has 0 saturated heterocycles. The van der Waals surface area contributed by atoms with Gasteiger partial charge in [0.1, 0.15) is 10.9 Å². The molecule has 2 aromatic heterocycles. The molecule has 0 saturated carbocycles. The summed E-state index contributed by atoms with van der Waals surface area (Å²) in [5.74, 6) is 1.37. The molecule has 0 unspecified atom stereocenters. The molecular formula is C17H25N4O2S+. The van der Waals surface area contributed by atoms with E-state index in [-0.39, 0.29) is 17.5 Å². The molecule has 0 spiro atoms. The highest BCUT2D eigenvalue weighted by atomic mass is 32.1. The van der Waals surface area contributed by atoms with Gasteiger partial charge in [0.2, 0.25) is 5.91 Å². The Morgan fingerprint density at radius 1 is 1.54 bits per heavy atom. The van der Waals surface area contributed by atoms with Crippen LogP contribution in [0.25, 0.3) is 10.2 Å². The van der Waals surface area contributed by atoms with Gasteiger partial charge in [-0.05, 0) is 37.7 Å². The summed E-state index contributed by atoms with van der Waals surface area (Å²) >= 11 is 1.68. The van der Waals surface area contributed by atoms with E-state index in [1.54, 1.807) is 11.3 Å². The fourth-order valence-electron chi connectivity index (χ4n) is 3.27. The summed E-state index contributed by atoms with van der Waals surface area (Å²) in [6.45, 7) is 7.16. The minimum Gasteiger partial charge on any atom is -0.351 e. The van der Waals surface area contributed by atoms with Crippen LogP contribution in [0.3, 0.4) is 0 Å². The Morgan fingerprint density at radius 3 is 3.08 bits per heavy atom. The predicted octanol–water partition coefficient (Wildman–Crippen LogP) is 0.870. The van der Waals surface area contributed by atoms with Crippen LogP contribution in [0.2, 0.25) is 0 Å². The van der Waals surface area contributed by atoms with Crippen LogP contribution in [-0.2, 0) is 17.6 Å². The first-order valence-corrected chi connectivity index (χ1v) is 9.39. The Labute approximate surface area is 145 Å². The van der Waals surface area contributed by atoms with E-state index in [4.69, 9.17) is 4.98 Å². The summed E-state index contributed by atoms with van der Waals surface area (Å²) in [4.78, 5) is 33.4. The Kier molecular flexibility index (Phi) is 5.01. The van der Waals surface area contributed by atoms with E-state index in [0.717, 1.165) is 36.0 Å². The number of carbonyl (C=O) groups excluding carboxylic acids is 1. The van der Waals surface area contributed by atoms with E-state index in [2.05, 4.69) is 22.5 Å². The third kappa shape index (κ3) is 3.52. The molecule has 1 amide bonds. The number of amides is 1. The van der Waals surface area contributed by atoms with Crippen molar-refractivity contribution in [3.05, 3.63) is 26.6 Å². The topological polar surface area (TPSA) is 91.5 Å². The summed E-state index contributed by atoms with van der Waals surface area (Å²) in [5, 5.41) is 5.65. The largest absolute Gasteiger partial charge is 0.351 e. The monoisotopic (exact) mass is 349 g/mol. The molecule has 2 heterocycles. The Morgan fingerprint density at radius 2 is 2.33 bits per heavy atom. The van der Waals surface area contributed by atoms with Crippen LogP contribution in [0, 0.1) is 5.92 Å². The van der Waals surface area contributed by atoms with Crippen LogP contribution in [0.15, 0.2) is 4.79 Å². The summed E-state index contributed by atoms with van der Waals surface area (Å²) in [5.41, 5.74) is 1.21. The lowest BCUT2D eigenvalue weighted by atomic mass is 9.89. The van der Waals surface area contributed by atoms with Gasteiger partial charge in [0, 0.05) is 11.8 Å². The molecule has 24 heavy (non-hydrogen) atoms. The average molecular weight is 349 g/mol. The number of aromatic nitrogens is 2. The van der Waals surface area contributed by atoms with Crippen LogP contribution in [0.4, 0.5) is 0 Å². The van der Waals surface area contributed by atoms with Crippen molar-refractivity contribution in [1.29, 1.82) is 0 Å². The second-order valence-electron chi connectivity index (χ2n) is 6.78. The molecule has 0 aliphatic heterocycles. The van der Waals surface area contributed by atoms with Crippen LogP contribution in [0.1, 0.15) is 49.5 Å². The maximum Gasteiger partial charge on any atom is 0.260 e. The van der Waals surface area contributed by atoms with E-state index in [1.165, 1.54) is 17.4 Å². The molecule has 6 nitrogen and oxygen atoms in total. The zero-order chi connectivity index (χ0) is 17.3. The van der Waals surface area contributed by atoms with Gasteiger partial charge in [-0.25, -0.2) is 4.98 Å². The number of hydrogen-bond acceptors (Lipinski definition) is 4. The molecule has 2 aromatic rings. The second kappa shape index (κ2) is 7.03. The number of H-pyrrole nitrogens is 1. The number of aryl methyl sites for hydroxylation is 1. The van der Waals surface area contributed by atoms with Crippen LogP contribution in [-0.4, -0.2) is 29.0 Å². The van der Waals surface area contributed by atoms with Gasteiger partial charge in [0.15, 0.2) is 5.82 Å². The van der Waals surface area contributed by atoms with Gasteiger partial charge in [-0.3, -0.25) is 9.59 Å². The summed E-state index contributed by atoms with van der Waals surface area (Å²) in [6.07, 6.45) is 3.19. The molecule has 130 valence electrons. The number of thiophene rings is 1. The van der Waals surface area contributed by atoms with Gasteiger partial charge < -0.3 is 15.6 Å².